The summed E-state index contributed by atoms with van der Waals surface area (Å²) in [6.45, 7) is 5.96. The van der Waals surface area contributed by atoms with Gasteiger partial charge in [0.05, 0.1) is 11.3 Å². The lowest BCUT2D eigenvalue weighted by atomic mass is 9.81. The Morgan fingerprint density at radius 3 is 2.81 bits per heavy atom. The van der Waals surface area contributed by atoms with E-state index in [0.717, 1.165) is 28.5 Å². The van der Waals surface area contributed by atoms with Gasteiger partial charge in [0.25, 0.3) is 5.91 Å². The SMILES string of the molecule is CCC1CN(C(=O)c2csc(-n3nc(C)cc3C(F)(F)F)n2)CC[C@@]1(C)O. The average Bonchev–Trinajstić information content (AvgIpc) is 3.20. The molecule has 3 rings (SSSR count). The van der Waals surface area contributed by atoms with Crippen molar-refractivity contribution in [3.63, 3.8) is 0 Å². The molecule has 0 aromatic carbocycles. The second-order valence-corrected chi connectivity index (χ2v) is 7.90. The Labute approximate surface area is 158 Å². The van der Waals surface area contributed by atoms with Crippen LogP contribution in [0.2, 0.25) is 0 Å². The molecule has 2 aromatic heterocycles. The standard InChI is InChI=1S/C17H21F3N4O2S/c1-4-11-8-23(6-5-16(11,3)26)14(25)12-9-27-15(21-12)24-13(17(18,19)20)7-10(2)22-24/h7,9,11,26H,4-6,8H2,1-3H3/t11?,16-/m1/s1. The summed E-state index contributed by atoms with van der Waals surface area (Å²) in [6, 6.07) is 0.946. The van der Waals surface area contributed by atoms with Crippen LogP contribution in [0.1, 0.15) is 48.6 Å². The zero-order valence-electron chi connectivity index (χ0n) is 15.2. The maximum absolute atomic E-state index is 13.2. The summed E-state index contributed by atoms with van der Waals surface area (Å²) in [7, 11) is 0. The number of aliphatic hydroxyl groups is 1. The van der Waals surface area contributed by atoms with Gasteiger partial charge in [-0.2, -0.15) is 18.3 Å². The Hall–Kier alpha value is -1.94. The number of hydrogen-bond donors (Lipinski definition) is 1. The summed E-state index contributed by atoms with van der Waals surface area (Å²) in [6.07, 6.45) is -3.39. The topological polar surface area (TPSA) is 71.2 Å². The maximum atomic E-state index is 13.2. The van der Waals surface area contributed by atoms with Crippen LogP contribution in [0.5, 0.6) is 0 Å². The highest BCUT2D eigenvalue weighted by Gasteiger charge is 2.39. The number of alkyl halides is 3. The number of nitrogens with zero attached hydrogens (tertiary/aromatic N) is 4. The highest BCUT2D eigenvalue weighted by Crippen LogP contribution is 2.33. The van der Waals surface area contributed by atoms with E-state index in [2.05, 4.69) is 10.1 Å². The zero-order valence-corrected chi connectivity index (χ0v) is 16.1. The summed E-state index contributed by atoms with van der Waals surface area (Å²) in [5.74, 6) is -0.400. The van der Waals surface area contributed by atoms with E-state index in [9.17, 15) is 23.1 Å². The summed E-state index contributed by atoms with van der Waals surface area (Å²) < 4.78 is 40.3. The Bertz CT molecular complexity index is 844. The van der Waals surface area contributed by atoms with Crippen LogP contribution in [0.4, 0.5) is 13.2 Å². The van der Waals surface area contributed by atoms with Gasteiger partial charge in [0.2, 0.25) is 5.13 Å². The minimum atomic E-state index is -4.57. The van der Waals surface area contributed by atoms with Crippen LogP contribution in [0, 0.1) is 12.8 Å². The fraction of sp³-hybridized carbons (Fsp3) is 0.588. The van der Waals surface area contributed by atoms with Crippen LogP contribution in [0.3, 0.4) is 0 Å². The number of likely N-dealkylation sites (tertiary alicyclic amines) is 1. The van der Waals surface area contributed by atoms with Crippen molar-refractivity contribution in [1.29, 1.82) is 0 Å². The third kappa shape index (κ3) is 3.86. The molecule has 1 unspecified atom stereocenters. The predicted octanol–water partition coefficient (Wildman–Crippen LogP) is 3.28. The molecule has 1 N–H and O–H groups in total. The van der Waals surface area contributed by atoms with Crippen LogP contribution < -0.4 is 0 Å². The van der Waals surface area contributed by atoms with Gasteiger partial charge in [-0.25, -0.2) is 9.67 Å². The van der Waals surface area contributed by atoms with Crippen LogP contribution in [0.25, 0.3) is 5.13 Å². The number of aryl methyl sites for hydroxylation is 1. The highest BCUT2D eigenvalue weighted by atomic mass is 32.1. The molecular weight excluding hydrogens is 381 g/mol. The van der Waals surface area contributed by atoms with E-state index in [4.69, 9.17) is 0 Å². The van der Waals surface area contributed by atoms with E-state index in [1.54, 1.807) is 11.8 Å². The number of halogens is 3. The van der Waals surface area contributed by atoms with Crippen LogP contribution in [-0.2, 0) is 6.18 Å². The molecule has 1 amide bonds. The molecule has 0 radical (unpaired) electrons. The number of thiazole rings is 1. The summed E-state index contributed by atoms with van der Waals surface area (Å²) in [4.78, 5) is 18.4. The van der Waals surface area contributed by atoms with Gasteiger partial charge in [0, 0.05) is 24.4 Å². The smallest absolute Gasteiger partial charge is 0.390 e. The first kappa shape index (κ1) is 19.8. The monoisotopic (exact) mass is 402 g/mol. The minimum absolute atomic E-state index is 0.00479. The van der Waals surface area contributed by atoms with E-state index in [-0.39, 0.29) is 28.3 Å². The van der Waals surface area contributed by atoms with Gasteiger partial charge in [-0.05, 0) is 32.8 Å². The van der Waals surface area contributed by atoms with Gasteiger partial charge in [0.1, 0.15) is 5.69 Å². The molecule has 3 heterocycles. The van der Waals surface area contributed by atoms with Crippen LogP contribution in [-0.4, -0.2) is 49.4 Å². The molecule has 148 valence electrons. The highest BCUT2D eigenvalue weighted by molar-refractivity contribution is 7.12. The molecular formula is C17H21F3N4O2S. The second-order valence-electron chi connectivity index (χ2n) is 7.06. The normalized spacial score (nSPS) is 23.7. The first-order valence-corrected chi connectivity index (χ1v) is 9.52. The van der Waals surface area contributed by atoms with Crippen molar-refractivity contribution in [2.45, 2.75) is 45.4 Å². The first-order chi connectivity index (χ1) is 12.5. The number of carbonyl (C=O) groups excluding carboxylic acids is 1. The number of hydrogen-bond acceptors (Lipinski definition) is 5. The van der Waals surface area contributed by atoms with Crippen molar-refractivity contribution in [3.05, 3.63) is 28.5 Å². The van der Waals surface area contributed by atoms with E-state index in [1.807, 2.05) is 6.92 Å². The van der Waals surface area contributed by atoms with Gasteiger partial charge in [-0.3, -0.25) is 4.79 Å². The molecule has 2 aromatic rings. The third-order valence-electron chi connectivity index (χ3n) is 5.00. The first-order valence-electron chi connectivity index (χ1n) is 8.64. The Balaban J connectivity index is 1.84. The number of amides is 1. The van der Waals surface area contributed by atoms with Gasteiger partial charge in [0.15, 0.2) is 5.69 Å². The van der Waals surface area contributed by atoms with Crippen molar-refractivity contribution in [2.24, 2.45) is 5.92 Å². The molecule has 0 aliphatic carbocycles. The molecule has 10 heteroatoms. The lowest BCUT2D eigenvalue weighted by molar-refractivity contribution is -0.142. The van der Waals surface area contributed by atoms with Crippen molar-refractivity contribution < 1.29 is 23.1 Å². The van der Waals surface area contributed by atoms with E-state index in [0.29, 0.717) is 19.5 Å². The molecule has 1 aliphatic rings. The molecule has 6 nitrogen and oxygen atoms in total. The number of piperidine rings is 1. The molecule has 0 saturated carbocycles. The van der Waals surface area contributed by atoms with Crippen molar-refractivity contribution >= 4 is 17.2 Å². The van der Waals surface area contributed by atoms with E-state index < -0.39 is 17.5 Å². The summed E-state index contributed by atoms with van der Waals surface area (Å²) in [5.41, 5.74) is -1.44. The summed E-state index contributed by atoms with van der Waals surface area (Å²) >= 11 is 0.937. The Morgan fingerprint density at radius 1 is 1.48 bits per heavy atom. The fourth-order valence-corrected chi connectivity index (χ4v) is 4.10. The molecule has 1 saturated heterocycles. The maximum Gasteiger partial charge on any atom is 0.433 e. The van der Waals surface area contributed by atoms with Gasteiger partial charge >= 0.3 is 6.18 Å². The zero-order chi connectivity index (χ0) is 20.0. The molecule has 1 aliphatic heterocycles. The molecule has 1 fully saturated rings. The number of rotatable bonds is 3. The average molecular weight is 402 g/mol. The van der Waals surface area contributed by atoms with Crippen molar-refractivity contribution in [3.8, 4) is 5.13 Å². The molecule has 27 heavy (non-hydrogen) atoms. The second kappa shape index (κ2) is 6.90. The lowest BCUT2D eigenvalue weighted by Gasteiger charge is -2.42. The van der Waals surface area contributed by atoms with Crippen LogP contribution in [0.15, 0.2) is 11.4 Å². The Morgan fingerprint density at radius 2 is 2.19 bits per heavy atom. The fourth-order valence-electron chi connectivity index (χ4n) is 3.34. The number of carbonyl (C=O) groups is 1. The quantitative estimate of drug-likeness (QED) is 0.855. The summed E-state index contributed by atoms with van der Waals surface area (Å²) in [5, 5.41) is 15.7. The predicted molar refractivity (Wildman–Crippen MR) is 93.9 cm³/mol. The van der Waals surface area contributed by atoms with Crippen molar-refractivity contribution in [2.75, 3.05) is 13.1 Å². The minimum Gasteiger partial charge on any atom is -0.390 e. The van der Waals surface area contributed by atoms with Gasteiger partial charge < -0.3 is 10.0 Å². The number of aromatic nitrogens is 3. The van der Waals surface area contributed by atoms with E-state index >= 15 is 0 Å². The van der Waals surface area contributed by atoms with Crippen molar-refractivity contribution in [1.82, 2.24) is 19.7 Å². The molecule has 0 spiro atoms. The molecule has 0 bridgehead atoms. The molecule has 2 atom stereocenters. The van der Waals surface area contributed by atoms with Crippen LogP contribution >= 0.6 is 11.3 Å². The van der Waals surface area contributed by atoms with Gasteiger partial charge in [-0.15, -0.1) is 11.3 Å². The van der Waals surface area contributed by atoms with E-state index in [1.165, 1.54) is 12.3 Å². The Kier molecular flexibility index (Phi) is 5.06. The van der Waals surface area contributed by atoms with Gasteiger partial charge in [-0.1, -0.05) is 6.92 Å². The lowest BCUT2D eigenvalue weighted by Crippen LogP contribution is -2.51. The third-order valence-corrected chi connectivity index (χ3v) is 5.82. The largest absolute Gasteiger partial charge is 0.433 e.